The Hall–Kier alpha value is -1.94. The highest BCUT2D eigenvalue weighted by Gasteiger charge is 2.23. The molecular weight excluding hydrogens is 294 g/mol. The summed E-state index contributed by atoms with van der Waals surface area (Å²) in [6.45, 7) is 0. The van der Waals surface area contributed by atoms with E-state index in [1.165, 1.54) is 5.55 Å². The molecule has 0 N–H and O–H groups in total. The molecule has 1 aliphatic heterocycles. The van der Waals surface area contributed by atoms with Crippen molar-refractivity contribution >= 4 is 37.5 Å². The number of hydrogen-bond donors (Lipinski definition) is 1. The van der Waals surface area contributed by atoms with Crippen LogP contribution in [0.15, 0.2) is 39.4 Å². The van der Waals surface area contributed by atoms with Crippen LogP contribution in [0.5, 0.6) is 0 Å². The molecule has 10 heteroatoms. The molecule has 0 bridgehead atoms. The summed E-state index contributed by atoms with van der Waals surface area (Å²) in [5.41, 5.74) is 1.31. The highest BCUT2D eigenvalue weighted by atomic mass is 32.2. The van der Waals surface area contributed by atoms with Gasteiger partial charge < -0.3 is 4.18 Å². The van der Waals surface area contributed by atoms with Gasteiger partial charge >= 0.3 is 10.1 Å². The number of nitrogens with zero attached hydrogens (tertiary/aromatic N) is 3. The van der Waals surface area contributed by atoms with Crippen LogP contribution in [0, 0.1) is 10.1 Å². The molecule has 102 valence electrons. The number of non-ortho nitro benzene ring substituents is 1. The second-order valence-electron chi connectivity index (χ2n) is 3.51. The van der Waals surface area contributed by atoms with E-state index < -0.39 is 25.9 Å². The minimum atomic E-state index is -4.04. The maximum Gasteiger partial charge on any atom is 0.341 e. The highest BCUT2D eigenvalue weighted by Crippen LogP contribution is 2.28. The van der Waals surface area contributed by atoms with Crippen molar-refractivity contribution < 1.29 is 17.5 Å². The van der Waals surface area contributed by atoms with Crippen LogP contribution in [0.1, 0.15) is 0 Å². The van der Waals surface area contributed by atoms with E-state index in [2.05, 4.69) is 10.2 Å². The molecule has 0 saturated heterocycles. The topological polar surface area (TPSA) is 111 Å². The maximum atomic E-state index is 11.9. The van der Waals surface area contributed by atoms with Gasteiger partial charge in [-0.25, -0.2) is 0 Å². The van der Waals surface area contributed by atoms with E-state index >= 15 is 0 Å². The van der Waals surface area contributed by atoms with Crippen molar-refractivity contribution in [2.24, 2.45) is 10.2 Å². The number of benzene rings is 1. The normalized spacial score (nSPS) is 20.1. The summed E-state index contributed by atoms with van der Waals surface area (Å²) in [4.78, 5) is 9.69. The summed E-state index contributed by atoms with van der Waals surface area (Å²) in [5, 5.41) is 17.7. The van der Waals surface area contributed by atoms with Crippen LogP contribution in [0.2, 0.25) is 0 Å². The maximum absolute atomic E-state index is 11.9. The second-order valence-corrected chi connectivity index (χ2v) is 6.89. The van der Waals surface area contributed by atoms with Crippen molar-refractivity contribution in [2.75, 3.05) is 6.26 Å². The molecular formula is C9H9N3O5S2. The number of thiol groups is 1. The molecule has 1 unspecified atom stereocenters. The van der Waals surface area contributed by atoms with Crippen LogP contribution < -0.4 is 0 Å². The Balaban J connectivity index is 2.22. The third kappa shape index (κ3) is 2.90. The van der Waals surface area contributed by atoms with Crippen molar-refractivity contribution in [1.82, 2.24) is 0 Å². The first-order valence-corrected chi connectivity index (χ1v) is 8.20. The van der Waals surface area contributed by atoms with Gasteiger partial charge in [-0.2, -0.15) is 8.42 Å². The van der Waals surface area contributed by atoms with E-state index in [4.69, 9.17) is 4.18 Å². The molecule has 1 heterocycles. The number of rotatable bonds is 3. The van der Waals surface area contributed by atoms with Crippen molar-refractivity contribution in [3.63, 3.8) is 0 Å². The lowest BCUT2D eigenvalue weighted by Gasteiger charge is -2.09. The Bertz CT molecular complexity index is 666. The lowest BCUT2D eigenvalue weighted by atomic mass is 10.3. The third-order valence-electron chi connectivity index (χ3n) is 2.19. The number of nitro benzene ring substituents is 1. The number of nitro groups is 1. The molecule has 0 saturated carbocycles. The molecule has 19 heavy (non-hydrogen) atoms. The Morgan fingerprint density at radius 2 is 1.95 bits per heavy atom. The first-order valence-electron chi connectivity index (χ1n) is 4.93. The van der Waals surface area contributed by atoms with Gasteiger partial charge in [0.2, 0.25) is 0 Å². The minimum Gasteiger partial charge on any atom is -0.352 e. The minimum absolute atomic E-state index is 0.0355. The zero-order valence-electron chi connectivity index (χ0n) is 9.63. The summed E-state index contributed by atoms with van der Waals surface area (Å²) in [5.74, 6) is 0. The van der Waals surface area contributed by atoms with Crippen LogP contribution >= 0.6 is 10.9 Å². The Morgan fingerprint density at radius 1 is 1.32 bits per heavy atom. The average molecular weight is 303 g/mol. The Morgan fingerprint density at radius 3 is 2.42 bits per heavy atom. The fourth-order valence-corrected chi connectivity index (χ4v) is 3.29. The molecule has 0 spiro atoms. The predicted octanol–water partition coefficient (Wildman–Crippen LogP) is 1.24. The van der Waals surface area contributed by atoms with Gasteiger partial charge in [-0.15, -0.1) is 21.1 Å². The van der Waals surface area contributed by atoms with Gasteiger partial charge in [0.25, 0.3) is 10.9 Å². The Labute approximate surface area is 111 Å². The molecule has 1 aromatic carbocycles. The molecule has 1 aromatic rings. The van der Waals surface area contributed by atoms with E-state index in [1.54, 1.807) is 6.26 Å². The summed E-state index contributed by atoms with van der Waals surface area (Å²) >= 11 is 0. The summed E-state index contributed by atoms with van der Waals surface area (Å²) in [6.07, 6.45) is 1.75. The van der Waals surface area contributed by atoms with Gasteiger partial charge in [-0.3, -0.25) is 10.1 Å². The van der Waals surface area contributed by atoms with Crippen molar-refractivity contribution in [3.8, 4) is 0 Å². The fraction of sp³-hybridized carbons (Fsp3) is 0.111. The van der Waals surface area contributed by atoms with Crippen LogP contribution in [-0.4, -0.2) is 30.4 Å². The first kappa shape index (κ1) is 13.5. The lowest BCUT2D eigenvalue weighted by Crippen LogP contribution is -2.12. The SMILES string of the molecule is C[SH]1C=NN=C1OS(=O)(=O)c1ccc([N+](=O)[O-])cc1. The van der Waals surface area contributed by atoms with E-state index in [1.807, 2.05) is 0 Å². The molecule has 1 aliphatic rings. The smallest absolute Gasteiger partial charge is 0.341 e. The predicted molar refractivity (Wildman–Crippen MR) is 72.2 cm³/mol. The molecule has 2 rings (SSSR count). The van der Waals surface area contributed by atoms with Gasteiger partial charge in [0.15, 0.2) is 0 Å². The van der Waals surface area contributed by atoms with Crippen molar-refractivity contribution in [2.45, 2.75) is 4.90 Å². The molecule has 0 aromatic heterocycles. The van der Waals surface area contributed by atoms with Crippen LogP contribution in [0.4, 0.5) is 5.69 Å². The zero-order valence-corrected chi connectivity index (χ0v) is 11.3. The standard InChI is InChI=1S/C9H9N3O5S2/c1-18-6-10-11-9(18)17-19(15,16)8-4-2-7(3-5-8)12(13)14/h2-6,18H,1H3. The van der Waals surface area contributed by atoms with Gasteiger partial charge in [-0.05, 0) is 18.4 Å². The van der Waals surface area contributed by atoms with Gasteiger partial charge in [0, 0.05) is 12.1 Å². The third-order valence-corrected chi connectivity index (χ3v) is 4.77. The van der Waals surface area contributed by atoms with E-state index in [-0.39, 0.29) is 15.8 Å². The van der Waals surface area contributed by atoms with Gasteiger partial charge in [0.1, 0.15) is 4.90 Å². The average Bonchev–Trinajstić information content (AvgIpc) is 2.74. The lowest BCUT2D eigenvalue weighted by molar-refractivity contribution is -0.384. The molecule has 0 amide bonds. The van der Waals surface area contributed by atoms with E-state index in [0.717, 1.165) is 24.3 Å². The monoisotopic (exact) mass is 303 g/mol. The molecule has 1 atom stereocenters. The summed E-state index contributed by atoms with van der Waals surface area (Å²) in [6, 6.07) is 4.42. The summed E-state index contributed by atoms with van der Waals surface area (Å²) in [7, 11) is -4.99. The Kier molecular flexibility index (Phi) is 3.53. The van der Waals surface area contributed by atoms with Gasteiger partial charge in [0.05, 0.1) is 10.5 Å². The van der Waals surface area contributed by atoms with Crippen molar-refractivity contribution in [1.29, 1.82) is 0 Å². The molecule has 0 fully saturated rings. The largest absolute Gasteiger partial charge is 0.352 e. The first-order chi connectivity index (χ1) is 8.90. The second kappa shape index (κ2) is 4.97. The summed E-state index contributed by atoms with van der Waals surface area (Å²) < 4.78 is 28.6. The van der Waals surface area contributed by atoms with E-state index in [0.29, 0.717) is 0 Å². The molecule has 0 aliphatic carbocycles. The van der Waals surface area contributed by atoms with Crippen LogP contribution in [0.3, 0.4) is 0 Å². The number of hydrogen-bond acceptors (Lipinski definition) is 7. The van der Waals surface area contributed by atoms with Crippen LogP contribution in [0.25, 0.3) is 0 Å². The molecule has 0 radical (unpaired) electrons. The highest BCUT2D eigenvalue weighted by molar-refractivity contribution is 8.39. The quantitative estimate of drug-likeness (QED) is 0.391. The van der Waals surface area contributed by atoms with Crippen molar-refractivity contribution in [3.05, 3.63) is 34.4 Å². The zero-order chi connectivity index (χ0) is 14.0. The molecule has 8 nitrogen and oxygen atoms in total. The van der Waals surface area contributed by atoms with Crippen LogP contribution in [-0.2, 0) is 14.3 Å². The van der Waals surface area contributed by atoms with Gasteiger partial charge in [-0.1, -0.05) is 0 Å². The fourth-order valence-electron chi connectivity index (χ4n) is 1.23. The van der Waals surface area contributed by atoms with E-state index in [9.17, 15) is 18.5 Å².